The van der Waals surface area contributed by atoms with Gasteiger partial charge >= 0.3 is 12.1 Å². The number of nitrogens with zero attached hydrogens (tertiary/aromatic N) is 2. The van der Waals surface area contributed by atoms with Crippen molar-refractivity contribution in [3.63, 3.8) is 0 Å². The molecule has 0 radical (unpaired) electrons. The second kappa shape index (κ2) is 7.91. The largest absolute Gasteiger partial charge is 0.478 e. The molecule has 2 N–H and O–H groups in total. The average molecular weight is 417 g/mol. The minimum absolute atomic E-state index is 0.0127. The molecule has 2 aliphatic rings. The van der Waals surface area contributed by atoms with Gasteiger partial charge in [0.05, 0.1) is 17.9 Å². The highest BCUT2D eigenvalue weighted by molar-refractivity contribution is 5.89. The van der Waals surface area contributed by atoms with Crippen molar-refractivity contribution in [1.82, 2.24) is 15.1 Å². The molecule has 0 bridgehead atoms. The Morgan fingerprint density at radius 1 is 1.06 bits per heavy atom. The molecule has 1 amide bonds. The van der Waals surface area contributed by atoms with E-state index in [1.165, 1.54) is 17.3 Å². The number of carboxylic acid groups (broad SMARTS) is 1. The third-order valence-corrected chi connectivity index (χ3v) is 6.31. The van der Waals surface area contributed by atoms with Crippen molar-refractivity contribution >= 4 is 12.1 Å². The van der Waals surface area contributed by atoms with Gasteiger partial charge in [0.2, 0.25) is 0 Å². The molecule has 3 aromatic rings. The summed E-state index contributed by atoms with van der Waals surface area (Å²) in [6.45, 7) is 0.768. The average Bonchev–Trinajstić information content (AvgIpc) is 3.41. The van der Waals surface area contributed by atoms with E-state index in [2.05, 4.69) is 34.5 Å². The van der Waals surface area contributed by atoms with E-state index in [-0.39, 0.29) is 24.1 Å². The summed E-state index contributed by atoms with van der Waals surface area (Å²) in [6, 6.07) is 16.0. The monoisotopic (exact) mass is 417 g/mol. The highest BCUT2D eigenvalue weighted by Crippen LogP contribution is 2.44. The summed E-state index contributed by atoms with van der Waals surface area (Å²) in [5, 5.41) is 16.1. The predicted octanol–water partition coefficient (Wildman–Crippen LogP) is 4.58. The first-order valence-electron chi connectivity index (χ1n) is 10.5. The van der Waals surface area contributed by atoms with Crippen molar-refractivity contribution in [3.8, 4) is 11.1 Å². The van der Waals surface area contributed by atoms with Crippen LogP contribution in [0.5, 0.6) is 0 Å². The molecule has 5 rings (SSSR count). The van der Waals surface area contributed by atoms with Crippen molar-refractivity contribution in [2.24, 2.45) is 0 Å². The van der Waals surface area contributed by atoms with Crippen LogP contribution in [0, 0.1) is 0 Å². The zero-order chi connectivity index (χ0) is 21.4. The summed E-state index contributed by atoms with van der Waals surface area (Å²) in [4.78, 5) is 26.3. The van der Waals surface area contributed by atoms with Crippen molar-refractivity contribution in [3.05, 3.63) is 77.1 Å². The molecule has 1 aliphatic heterocycles. The van der Waals surface area contributed by atoms with Crippen LogP contribution in [0.2, 0.25) is 0 Å². The molecule has 0 saturated carbocycles. The van der Waals surface area contributed by atoms with Gasteiger partial charge in [0, 0.05) is 12.5 Å². The first-order chi connectivity index (χ1) is 15.1. The Kier molecular flexibility index (Phi) is 4.94. The summed E-state index contributed by atoms with van der Waals surface area (Å²) in [5.41, 5.74) is 5.24. The van der Waals surface area contributed by atoms with Crippen molar-refractivity contribution < 1.29 is 19.4 Å². The zero-order valence-electron chi connectivity index (χ0n) is 17.0. The Morgan fingerprint density at radius 2 is 1.74 bits per heavy atom. The van der Waals surface area contributed by atoms with Gasteiger partial charge in [-0.3, -0.25) is 10.00 Å². The number of likely N-dealkylation sites (tertiary alicyclic amines) is 1. The van der Waals surface area contributed by atoms with Crippen LogP contribution in [0.1, 0.15) is 58.4 Å². The molecule has 2 heterocycles. The Labute approximate surface area is 179 Å². The third-order valence-electron chi connectivity index (χ3n) is 6.31. The Hall–Kier alpha value is -3.61. The molecule has 1 unspecified atom stereocenters. The molecule has 7 heteroatoms. The van der Waals surface area contributed by atoms with Crippen LogP contribution < -0.4 is 0 Å². The van der Waals surface area contributed by atoms with Gasteiger partial charge in [-0.15, -0.1) is 0 Å². The van der Waals surface area contributed by atoms with Gasteiger partial charge in [-0.1, -0.05) is 48.5 Å². The number of aromatic carboxylic acids is 1. The van der Waals surface area contributed by atoms with Gasteiger partial charge in [0.15, 0.2) is 0 Å². The number of H-pyrrole nitrogens is 1. The summed E-state index contributed by atoms with van der Waals surface area (Å²) < 4.78 is 5.81. The number of aromatic nitrogens is 2. The first kappa shape index (κ1) is 19.4. The number of fused-ring (bicyclic) bond motifs is 3. The number of carbonyl (C=O) groups excluding carboxylic acids is 1. The van der Waals surface area contributed by atoms with Gasteiger partial charge in [-0.25, -0.2) is 9.59 Å². The molecular weight excluding hydrogens is 394 g/mol. The second-order valence-electron chi connectivity index (χ2n) is 8.01. The number of amides is 1. The molecule has 1 aliphatic carbocycles. The Morgan fingerprint density at radius 3 is 2.42 bits per heavy atom. The Balaban J connectivity index is 1.36. The number of benzene rings is 2. The standard InChI is InChI=1S/C24H23N3O4/c28-23(29)19-13-25-26-22(19)21-11-5-6-12-27(21)24(30)31-14-20-17-9-3-1-7-15(17)16-8-2-4-10-18(16)20/h1-4,7-10,13,20-21H,5-6,11-12,14H2,(H,25,26)(H,28,29). The molecule has 1 saturated heterocycles. The maximum Gasteiger partial charge on any atom is 0.410 e. The summed E-state index contributed by atoms with van der Waals surface area (Å²) in [6.07, 6.45) is 3.32. The van der Waals surface area contributed by atoms with Gasteiger partial charge in [0.1, 0.15) is 12.2 Å². The van der Waals surface area contributed by atoms with E-state index in [0.29, 0.717) is 18.7 Å². The minimum atomic E-state index is -1.05. The van der Waals surface area contributed by atoms with Crippen LogP contribution in [-0.4, -0.2) is 45.4 Å². The number of piperidine rings is 1. The lowest BCUT2D eigenvalue weighted by molar-refractivity contribution is 0.0646. The van der Waals surface area contributed by atoms with Crippen LogP contribution in [0.4, 0.5) is 4.79 Å². The van der Waals surface area contributed by atoms with Crippen molar-refractivity contribution in [2.75, 3.05) is 13.2 Å². The summed E-state index contributed by atoms with van der Waals surface area (Å²) in [5.74, 6) is -1.07. The lowest BCUT2D eigenvalue weighted by Crippen LogP contribution is -2.40. The molecule has 31 heavy (non-hydrogen) atoms. The minimum Gasteiger partial charge on any atom is -0.478 e. The molecule has 158 valence electrons. The fraction of sp³-hybridized carbons (Fsp3) is 0.292. The molecule has 1 atom stereocenters. The van der Waals surface area contributed by atoms with Gasteiger partial charge in [-0.05, 0) is 41.5 Å². The normalized spacial score (nSPS) is 17.8. The highest BCUT2D eigenvalue weighted by atomic mass is 16.6. The van der Waals surface area contributed by atoms with E-state index in [9.17, 15) is 14.7 Å². The lowest BCUT2D eigenvalue weighted by Gasteiger charge is -2.34. The predicted molar refractivity (Wildman–Crippen MR) is 114 cm³/mol. The number of nitrogens with one attached hydrogen (secondary N) is 1. The smallest absolute Gasteiger partial charge is 0.410 e. The SMILES string of the molecule is O=C(O)c1cn[nH]c1C1CCCCN1C(=O)OCC1c2ccccc2-c2ccccc21. The van der Waals surface area contributed by atoms with Crippen molar-refractivity contribution in [2.45, 2.75) is 31.2 Å². The van der Waals surface area contributed by atoms with E-state index in [1.54, 1.807) is 4.90 Å². The number of aromatic amines is 1. The van der Waals surface area contributed by atoms with Crippen LogP contribution in [0.15, 0.2) is 54.7 Å². The van der Waals surface area contributed by atoms with Gasteiger partial charge in [0.25, 0.3) is 0 Å². The lowest BCUT2D eigenvalue weighted by atomic mass is 9.97. The van der Waals surface area contributed by atoms with Crippen molar-refractivity contribution in [1.29, 1.82) is 0 Å². The molecule has 7 nitrogen and oxygen atoms in total. The van der Waals surface area contributed by atoms with Crippen LogP contribution in [0.25, 0.3) is 11.1 Å². The maximum atomic E-state index is 13.1. The quantitative estimate of drug-likeness (QED) is 0.648. The number of rotatable bonds is 4. The number of ether oxygens (including phenoxy) is 1. The fourth-order valence-corrected chi connectivity index (χ4v) is 4.85. The van der Waals surface area contributed by atoms with E-state index in [4.69, 9.17) is 4.74 Å². The first-order valence-corrected chi connectivity index (χ1v) is 10.5. The third kappa shape index (κ3) is 3.36. The van der Waals surface area contributed by atoms with Gasteiger partial charge in [-0.2, -0.15) is 5.10 Å². The zero-order valence-corrected chi connectivity index (χ0v) is 17.0. The van der Waals surface area contributed by atoms with E-state index >= 15 is 0 Å². The highest BCUT2D eigenvalue weighted by Gasteiger charge is 2.35. The summed E-state index contributed by atoms with van der Waals surface area (Å²) in [7, 11) is 0. The number of carboxylic acids is 1. The molecule has 1 fully saturated rings. The molecule has 0 spiro atoms. The molecular formula is C24H23N3O4. The van der Waals surface area contributed by atoms with E-state index in [0.717, 1.165) is 24.0 Å². The van der Waals surface area contributed by atoms with Crippen LogP contribution >= 0.6 is 0 Å². The van der Waals surface area contributed by atoms with Gasteiger partial charge < -0.3 is 9.84 Å². The maximum absolute atomic E-state index is 13.1. The van der Waals surface area contributed by atoms with E-state index in [1.807, 2.05) is 24.3 Å². The topological polar surface area (TPSA) is 95.5 Å². The van der Waals surface area contributed by atoms with Crippen LogP contribution in [0.3, 0.4) is 0 Å². The Bertz CT molecular complexity index is 1090. The van der Waals surface area contributed by atoms with Crippen LogP contribution in [-0.2, 0) is 4.74 Å². The summed E-state index contributed by atoms with van der Waals surface area (Å²) >= 11 is 0. The second-order valence-corrected chi connectivity index (χ2v) is 8.01. The number of hydrogen-bond acceptors (Lipinski definition) is 4. The fourth-order valence-electron chi connectivity index (χ4n) is 4.85. The number of hydrogen-bond donors (Lipinski definition) is 2. The molecule has 2 aromatic carbocycles. The number of carbonyl (C=O) groups is 2. The molecule has 1 aromatic heterocycles. The van der Waals surface area contributed by atoms with E-state index < -0.39 is 12.1 Å².